The van der Waals surface area contributed by atoms with Crippen molar-refractivity contribution in [3.05, 3.63) is 91.5 Å². The van der Waals surface area contributed by atoms with Gasteiger partial charge in [-0.3, -0.25) is 0 Å². The van der Waals surface area contributed by atoms with E-state index in [0.717, 1.165) is 13.0 Å². The zero-order valence-electron chi connectivity index (χ0n) is 15.4. The van der Waals surface area contributed by atoms with Gasteiger partial charge < -0.3 is 4.57 Å². The fourth-order valence-electron chi connectivity index (χ4n) is 4.37. The number of fused-ring (bicyclic) bond motifs is 6. The molecule has 0 N–H and O–H groups in total. The van der Waals surface area contributed by atoms with Gasteiger partial charge in [0.1, 0.15) is 0 Å². The molecule has 0 unspecified atom stereocenters. The first-order valence-electron chi connectivity index (χ1n) is 9.42. The maximum atomic E-state index is 3.91. The number of aromatic nitrogens is 1. The molecule has 0 aliphatic carbocycles. The average Bonchev–Trinajstić information content (AvgIpc) is 3.21. The number of nitrogens with zero attached hydrogens (tertiary/aromatic N) is 1. The molecule has 3 aromatic carbocycles. The fourth-order valence-corrected chi connectivity index (χ4v) is 4.37. The van der Waals surface area contributed by atoms with Gasteiger partial charge in [0.25, 0.3) is 0 Å². The van der Waals surface area contributed by atoms with Crippen LogP contribution in [0.1, 0.15) is 6.92 Å². The standard InChI is InChI=1S/C25H20BN/c1-3-9-17(10-4-2)27-24-14-8-6-12-19(24)21-15-20-18-11-5-7-13-22(18)26-23(20)16-25(21)27/h3-16,26H,1H2,2H3/b10-4-,17-9+. The first kappa shape index (κ1) is 16.0. The number of allylic oxidation sites excluding steroid dienone is 5. The highest BCUT2D eigenvalue weighted by Gasteiger charge is 2.22. The van der Waals surface area contributed by atoms with E-state index >= 15 is 0 Å². The van der Waals surface area contributed by atoms with Gasteiger partial charge in [-0.05, 0) is 48.4 Å². The summed E-state index contributed by atoms with van der Waals surface area (Å²) in [4.78, 5) is 0. The van der Waals surface area contributed by atoms with Crippen LogP contribution in [0.4, 0.5) is 0 Å². The average molecular weight is 345 g/mol. The van der Waals surface area contributed by atoms with Gasteiger partial charge in [-0.2, -0.15) is 0 Å². The number of benzene rings is 3. The molecule has 0 amide bonds. The van der Waals surface area contributed by atoms with Crippen LogP contribution < -0.4 is 10.9 Å². The SMILES string of the molecule is C=C/C=C(\C=C/C)n1c2ccccc2c2cc3c(cc21)Bc1ccccc1-3. The topological polar surface area (TPSA) is 4.93 Å². The minimum atomic E-state index is 1.01. The molecule has 1 nitrogen and oxygen atoms in total. The number of hydrogen-bond acceptors (Lipinski definition) is 0. The predicted octanol–water partition coefficient (Wildman–Crippen LogP) is 4.77. The molecule has 0 fully saturated rings. The van der Waals surface area contributed by atoms with Gasteiger partial charge in [-0.1, -0.05) is 72.1 Å². The summed E-state index contributed by atoms with van der Waals surface area (Å²) >= 11 is 0. The number of hydrogen-bond donors (Lipinski definition) is 0. The van der Waals surface area contributed by atoms with Crippen LogP contribution in [-0.4, -0.2) is 11.8 Å². The molecule has 2 heteroatoms. The van der Waals surface area contributed by atoms with Crippen LogP contribution in [0.5, 0.6) is 0 Å². The van der Waals surface area contributed by atoms with E-state index in [9.17, 15) is 0 Å². The lowest BCUT2D eigenvalue weighted by molar-refractivity contribution is 1.24. The van der Waals surface area contributed by atoms with E-state index in [4.69, 9.17) is 0 Å². The van der Waals surface area contributed by atoms with Gasteiger partial charge in [0, 0.05) is 16.5 Å². The van der Waals surface area contributed by atoms with E-state index in [-0.39, 0.29) is 0 Å². The second kappa shape index (κ2) is 6.17. The molecule has 27 heavy (non-hydrogen) atoms. The Morgan fingerprint density at radius 2 is 1.70 bits per heavy atom. The van der Waals surface area contributed by atoms with Crippen LogP contribution in [0.15, 0.2) is 91.5 Å². The highest BCUT2D eigenvalue weighted by molar-refractivity contribution is 6.73. The molecule has 1 aromatic heterocycles. The summed E-state index contributed by atoms with van der Waals surface area (Å²) < 4.78 is 2.36. The number of para-hydroxylation sites is 1. The largest absolute Gasteiger partial charge is 0.309 e. The summed E-state index contributed by atoms with van der Waals surface area (Å²) in [5, 5.41) is 2.60. The Bertz CT molecular complexity index is 1270. The highest BCUT2D eigenvalue weighted by atomic mass is 15.0. The predicted molar refractivity (Wildman–Crippen MR) is 121 cm³/mol. The van der Waals surface area contributed by atoms with Gasteiger partial charge in [-0.15, -0.1) is 0 Å². The monoisotopic (exact) mass is 345 g/mol. The molecule has 1 aliphatic rings. The van der Waals surface area contributed by atoms with E-state index in [1.54, 1.807) is 0 Å². The maximum absolute atomic E-state index is 3.91. The van der Waals surface area contributed by atoms with Crippen LogP contribution in [0, 0.1) is 0 Å². The minimum absolute atomic E-state index is 1.01. The smallest absolute Gasteiger partial charge is 0.193 e. The Balaban J connectivity index is 1.90. The van der Waals surface area contributed by atoms with Crippen LogP contribution >= 0.6 is 0 Å². The summed E-state index contributed by atoms with van der Waals surface area (Å²) in [6, 6.07) is 22.2. The van der Waals surface area contributed by atoms with Gasteiger partial charge >= 0.3 is 0 Å². The molecule has 0 spiro atoms. The van der Waals surface area contributed by atoms with Crippen molar-refractivity contribution in [1.29, 1.82) is 0 Å². The van der Waals surface area contributed by atoms with Crippen LogP contribution in [0.25, 0.3) is 38.6 Å². The lowest BCUT2D eigenvalue weighted by atomic mass is 9.68. The molecule has 5 rings (SSSR count). The molecule has 0 atom stereocenters. The molecule has 0 saturated heterocycles. The zero-order valence-corrected chi connectivity index (χ0v) is 15.4. The Labute approximate surface area is 160 Å². The zero-order chi connectivity index (χ0) is 18.4. The first-order valence-corrected chi connectivity index (χ1v) is 9.42. The van der Waals surface area contributed by atoms with Crippen molar-refractivity contribution >= 4 is 45.7 Å². The second-order valence-corrected chi connectivity index (χ2v) is 7.04. The van der Waals surface area contributed by atoms with E-state index in [2.05, 4.69) is 97.0 Å². The summed E-state index contributed by atoms with van der Waals surface area (Å²) in [6.07, 6.45) is 8.17. The maximum Gasteiger partial charge on any atom is 0.193 e. The Morgan fingerprint density at radius 3 is 2.56 bits per heavy atom. The summed E-state index contributed by atoms with van der Waals surface area (Å²) in [7, 11) is 1.01. The van der Waals surface area contributed by atoms with Gasteiger partial charge in [0.05, 0.1) is 11.0 Å². The quantitative estimate of drug-likeness (QED) is 0.328. The van der Waals surface area contributed by atoms with Crippen molar-refractivity contribution in [3.8, 4) is 11.1 Å². The Morgan fingerprint density at radius 1 is 0.889 bits per heavy atom. The molecular weight excluding hydrogens is 325 g/mol. The van der Waals surface area contributed by atoms with E-state index in [0.29, 0.717) is 0 Å². The summed E-state index contributed by atoms with van der Waals surface area (Å²) in [5.41, 5.74) is 9.21. The Kier molecular flexibility index (Phi) is 3.65. The van der Waals surface area contributed by atoms with E-state index in [1.807, 2.05) is 6.08 Å². The highest BCUT2D eigenvalue weighted by Crippen LogP contribution is 2.34. The van der Waals surface area contributed by atoms with Crippen LogP contribution in [-0.2, 0) is 0 Å². The molecule has 0 radical (unpaired) electrons. The lowest BCUT2D eigenvalue weighted by Crippen LogP contribution is -2.20. The van der Waals surface area contributed by atoms with Crippen molar-refractivity contribution < 1.29 is 0 Å². The van der Waals surface area contributed by atoms with Gasteiger partial charge in [-0.25, -0.2) is 0 Å². The number of rotatable bonds is 3. The molecule has 128 valence electrons. The van der Waals surface area contributed by atoms with E-state index < -0.39 is 0 Å². The third-order valence-corrected chi connectivity index (χ3v) is 5.47. The fraction of sp³-hybridized carbons (Fsp3) is 0.0400. The van der Waals surface area contributed by atoms with Crippen molar-refractivity contribution in [2.45, 2.75) is 6.92 Å². The molecule has 0 bridgehead atoms. The second-order valence-electron chi connectivity index (χ2n) is 7.04. The van der Waals surface area contributed by atoms with E-state index in [1.165, 1.54) is 43.9 Å². The first-order chi connectivity index (χ1) is 13.3. The molecule has 2 heterocycles. The molecule has 1 aliphatic heterocycles. The lowest BCUT2D eigenvalue weighted by Gasteiger charge is -2.10. The molecule has 4 aromatic rings. The third kappa shape index (κ3) is 2.34. The van der Waals surface area contributed by atoms with Crippen molar-refractivity contribution in [2.24, 2.45) is 0 Å². The normalized spacial score (nSPS) is 13.1. The summed E-state index contributed by atoms with van der Waals surface area (Å²) in [6.45, 7) is 5.97. The summed E-state index contributed by atoms with van der Waals surface area (Å²) in [5.74, 6) is 0. The van der Waals surface area contributed by atoms with Crippen molar-refractivity contribution in [3.63, 3.8) is 0 Å². The molecule has 0 saturated carbocycles. The van der Waals surface area contributed by atoms with Crippen molar-refractivity contribution in [2.75, 3.05) is 0 Å². The minimum Gasteiger partial charge on any atom is -0.309 e. The third-order valence-electron chi connectivity index (χ3n) is 5.47. The van der Waals surface area contributed by atoms with Crippen LogP contribution in [0.3, 0.4) is 0 Å². The van der Waals surface area contributed by atoms with Crippen molar-refractivity contribution in [1.82, 2.24) is 4.57 Å². The molecular formula is C25H20BN. The van der Waals surface area contributed by atoms with Crippen LogP contribution in [0.2, 0.25) is 0 Å². The van der Waals surface area contributed by atoms with Gasteiger partial charge in [0.15, 0.2) is 7.28 Å². The Hall–Kier alpha value is -3.26. The van der Waals surface area contributed by atoms with Gasteiger partial charge in [0.2, 0.25) is 0 Å².